The zero-order chi connectivity index (χ0) is 26.9. The molecule has 0 amide bonds. The first-order valence-electron chi connectivity index (χ1n) is 14.5. The summed E-state index contributed by atoms with van der Waals surface area (Å²) in [5.74, 6) is 3.46. The summed E-state index contributed by atoms with van der Waals surface area (Å²) in [5, 5.41) is 0. The molecule has 4 rings (SSSR count). The summed E-state index contributed by atoms with van der Waals surface area (Å²) in [4.78, 5) is 5.35. The number of benzene rings is 2. The Labute approximate surface area is 230 Å². The van der Waals surface area contributed by atoms with E-state index < -0.39 is 0 Å². The standard InChI is InChI=1S/C32H48N2O4/c1-6-16-34(27-12-13-28-25(20-27)11-14-29(35-2)32(28)38-5)18-10-8-7-9-17-33-19-15-24-21-30(36-3)31(37-4)22-26(24)23-33/h11,14,21-22,27H,6-10,12-13,15-20,23H2,1-5H3/t27-/m0/s1. The van der Waals surface area contributed by atoms with Gasteiger partial charge in [-0.3, -0.25) is 4.90 Å². The monoisotopic (exact) mass is 524 g/mol. The van der Waals surface area contributed by atoms with E-state index in [9.17, 15) is 0 Å². The van der Waals surface area contributed by atoms with Gasteiger partial charge in [0.25, 0.3) is 0 Å². The first-order valence-corrected chi connectivity index (χ1v) is 14.5. The molecule has 0 saturated carbocycles. The van der Waals surface area contributed by atoms with E-state index in [0.717, 1.165) is 55.4 Å². The quantitative estimate of drug-likeness (QED) is 0.286. The fourth-order valence-corrected chi connectivity index (χ4v) is 6.38. The minimum Gasteiger partial charge on any atom is -0.493 e. The van der Waals surface area contributed by atoms with E-state index in [1.165, 1.54) is 80.4 Å². The van der Waals surface area contributed by atoms with Gasteiger partial charge in [-0.1, -0.05) is 25.8 Å². The molecule has 2 aromatic rings. The maximum Gasteiger partial charge on any atom is 0.164 e. The third-order valence-corrected chi connectivity index (χ3v) is 8.42. The fraction of sp³-hybridized carbons (Fsp3) is 0.625. The Morgan fingerprint density at radius 3 is 2.24 bits per heavy atom. The molecule has 1 atom stereocenters. The number of unbranched alkanes of at least 4 members (excludes halogenated alkanes) is 3. The Balaban J connectivity index is 1.21. The van der Waals surface area contributed by atoms with Crippen molar-refractivity contribution < 1.29 is 18.9 Å². The molecular weight excluding hydrogens is 476 g/mol. The Kier molecular flexibility index (Phi) is 10.6. The zero-order valence-electron chi connectivity index (χ0n) is 24.3. The van der Waals surface area contributed by atoms with Crippen molar-refractivity contribution in [2.24, 2.45) is 0 Å². The SMILES string of the molecule is CCCN(CCCCCCN1CCc2cc(OC)c(OC)cc2C1)[C@H]1CCc2c(ccc(OC)c2OC)C1. The molecule has 0 radical (unpaired) electrons. The largest absolute Gasteiger partial charge is 0.493 e. The van der Waals surface area contributed by atoms with Gasteiger partial charge in [0.1, 0.15) is 0 Å². The van der Waals surface area contributed by atoms with Crippen molar-refractivity contribution in [2.45, 2.75) is 77.3 Å². The van der Waals surface area contributed by atoms with Crippen LogP contribution >= 0.6 is 0 Å². The van der Waals surface area contributed by atoms with Gasteiger partial charge in [0.15, 0.2) is 23.0 Å². The van der Waals surface area contributed by atoms with Crippen molar-refractivity contribution in [3.8, 4) is 23.0 Å². The molecule has 1 aliphatic carbocycles. The van der Waals surface area contributed by atoms with Gasteiger partial charge in [-0.05, 0) is 99.5 Å². The average Bonchev–Trinajstić information content (AvgIpc) is 2.96. The summed E-state index contributed by atoms with van der Waals surface area (Å²) in [7, 11) is 6.91. The maximum absolute atomic E-state index is 5.71. The van der Waals surface area contributed by atoms with Gasteiger partial charge in [-0.2, -0.15) is 0 Å². The predicted molar refractivity (Wildman–Crippen MR) is 154 cm³/mol. The van der Waals surface area contributed by atoms with E-state index in [1.54, 1.807) is 28.4 Å². The third-order valence-electron chi connectivity index (χ3n) is 8.42. The van der Waals surface area contributed by atoms with Crippen molar-refractivity contribution in [1.82, 2.24) is 9.80 Å². The van der Waals surface area contributed by atoms with Gasteiger partial charge in [0.05, 0.1) is 28.4 Å². The molecule has 0 spiro atoms. The first kappa shape index (κ1) is 28.6. The van der Waals surface area contributed by atoms with Gasteiger partial charge >= 0.3 is 0 Å². The highest BCUT2D eigenvalue weighted by atomic mass is 16.5. The van der Waals surface area contributed by atoms with Crippen molar-refractivity contribution in [3.05, 3.63) is 46.5 Å². The normalized spacial score (nSPS) is 17.2. The molecule has 0 saturated heterocycles. The second-order valence-corrected chi connectivity index (χ2v) is 10.8. The minimum atomic E-state index is 0.629. The van der Waals surface area contributed by atoms with Crippen LogP contribution in [0.4, 0.5) is 0 Å². The molecule has 210 valence electrons. The highest BCUT2D eigenvalue weighted by Crippen LogP contribution is 2.38. The maximum atomic E-state index is 5.71. The zero-order valence-corrected chi connectivity index (χ0v) is 24.3. The number of hydrogen-bond acceptors (Lipinski definition) is 6. The highest BCUT2D eigenvalue weighted by Gasteiger charge is 2.27. The molecular formula is C32H48N2O4. The van der Waals surface area contributed by atoms with Crippen LogP contribution in [0.2, 0.25) is 0 Å². The van der Waals surface area contributed by atoms with Crippen molar-refractivity contribution >= 4 is 0 Å². The van der Waals surface area contributed by atoms with E-state index >= 15 is 0 Å². The van der Waals surface area contributed by atoms with Gasteiger partial charge in [0.2, 0.25) is 0 Å². The molecule has 1 aliphatic heterocycles. The van der Waals surface area contributed by atoms with Crippen LogP contribution in [0, 0.1) is 0 Å². The molecule has 0 bridgehead atoms. The molecule has 38 heavy (non-hydrogen) atoms. The van der Waals surface area contributed by atoms with Crippen LogP contribution in [-0.4, -0.2) is 70.5 Å². The second-order valence-electron chi connectivity index (χ2n) is 10.8. The fourth-order valence-electron chi connectivity index (χ4n) is 6.38. The highest BCUT2D eigenvalue weighted by molar-refractivity contribution is 5.52. The third kappa shape index (κ3) is 6.76. The van der Waals surface area contributed by atoms with Crippen molar-refractivity contribution in [2.75, 3.05) is 54.6 Å². The lowest BCUT2D eigenvalue weighted by Crippen LogP contribution is -2.40. The average molecular weight is 525 g/mol. The van der Waals surface area contributed by atoms with Gasteiger partial charge in [0, 0.05) is 24.7 Å². The van der Waals surface area contributed by atoms with Crippen LogP contribution in [0.25, 0.3) is 0 Å². The summed E-state index contributed by atoms with van der Waals surface area (Å²) >= 11 is 0. The van der Waals surface area contributed by atoms with Crippen LogP contribution in [0.5, 0.6) is 23.0 Å². The summed E-state index contributed by atoms with van der Waals surface area (Å²) < 4.78 is 22.2. The Bertz CT molecular complexity index is 1040. The van der Waals surface area contributed by atoms with Crippen LogP contribution in [0.15, 0.2) is 24.3 Å². The Morgan fingerprint density at radius 2 is 1.53 bits per heavy atom. The van der Waals surface area contributed by atoms with E-state index in [1.807, 2.05) is 0 Å². The molecule has 6 heteroatoms. The number of nitrogens with zero attached hydrogens (tertiary/aromatic N) is 2. The lowest BCUT2D eigenvalue weighted by atomic mass is 9.86. The molecule has 2 aromatic carbocycles. The second kappa shape index (κ2) is 14.1. The van der Waals surface area contributed by atoms with Gasteiger partial charge in [-0.25, -0.2) is 0 Å². The smallest absolute Gasteiger partial charge is 0.164 e. The number of ether oxygens (including phenoxy) is 4. The summed E-state index contributed by atoms with van der Waals surface area (Å²) in [6, 6.07) is 9.27. The molecule has 0 unspecified atom stereocenters. The Morgan fingerprint density at radius 1 is 0.789 bits per heavy atom. The van der Waals surface area contributed by atoms with E-state index in [2.05, 4.69) is 41.0 Å². The molecule has 1 heterocycles. The van der Waals surface area contributed by atoms with Gasteiger partial charge in [-0.15, -0.1) is 0 Å². The number of methoxy groups -OCH3 is 4. The minimum absolute atomic E-state index is 0.629. The van der Waals surface area contributed by atoms with Crippen LogP contribution in [0.1, 0.15) is 67.7 Å². The molecule has 0 N–H and O–H groups in total. The predicted octanol–water partition coefficient (Wildman–Crippen LogP) is 5.91. The summed E-state index contributed by atoms with van der Waals surface area (Å²) in [6.07, 6.45) is 10.9. The van der Waals surface area contributed by atoms with Crippen LogP contribution < -0.4 is 18.9 Å². The van der Waals surface area contributed by atoms with Crippen LogP contribution in [-0.2, 0) is 25.8 Å². The molecule has 0 aromatic heterocycles. The lowest BCUT2D eigenvalue weighted by molar-refractivity contribution is 0.174. The Hall–Kier alpha value is -2.44. The van der Waals surface area contributed by atoms with E-state index in [0.29, 0.717) is 6.04 Å². The van der Waals surface area contributed by atoms with Crippen molar-refractivity contribution in [3.63, 3.8) is 0 Å². The molecule has 0 fully saturated rings. The topological polar surface area (TPSA) is 43.4 Å². The lowest BCUT2D eigenvalue weighted by Gasteiger charge is -2.36. The van der Waals surface area contributed by atoms with E-state index in [4.69, 9.17) is 18.9 Å². The summed E-state index contributed by atoms with van der Waals surface area (Å²) in [5.41, 5.74) is 5.56. The first-order chi connectivity index (χ1) is 18.6. The number of fused-ring (bicyclic) bond motifs is 2. The number of rotatable bonds is 14. The number of hydrogen-bond donors (Lipinski definition) is 0. The molecule has 6 nitrogen and oxygen atoms in total. The molecule has 2 aliphatic rings. The summed E-state index contributed by atoms with van der Waals surface area (Å²) in [6.45, 7) is 8.03. The van der Waals surface area contributed by atoms with E-state index in [-0.39, 0.29) is 0 Å². The van der Waals surface area contributed by atoms with Gasteiger partial charge < -0.3 is 23.8 Å². The van der Waals surface area contributed by atoms with Crippen molar-refractivity contribution in [1.29, 1.82) is 0 Å². The van der Waals surface area contributed by atoms with Crippen LogP contribution in [0.3, 0.4) is 0 Å².